The van der Waals surface area contributed by atoms with Crippen molar-refractivity contribution in [1.82, 2.24) is 5.32 Å². The van der Waals surface area contributed by atoms with Crippen LogP contribution in [0, 0.1) is 6.92 Å². The molecule has 3 heteroatoms. The summed E-state index contributed by atoms with van der Waals surface area (Å²) in [5.74, 6) is 0.0561. The molecule has 0 radical (unpaired) electrons. The van der Waals surface area contributed by atoms with Gasteiger partial charge in [0.25, 0.3) is 5.91 Å². The van der Waals surface area contributed by atoms with Crippen molar-refractivity contribution < 1.29 is 4.79 Å². The number of fused-ring (bicyclic) bond motifs is 1. The highest BCUT2D eigenvalue weighted by Crippen LogP contribution is 2.29. The Hall–Kier alpha value is -0.960. The Morgan fingerprint density at radius 1 is 1.50 bits per heavy atom. The van der Waals surface area contributed by atoms with E-state index in [1.54, 1.807) is 11.8 Å². The number of benzene rings is 1. The summed E-state index contributed by atoms with van der Waals surface area (Å²) in [6, 6.07) is 6.05. The molecule has 14 heavy (non-hydrogen) atoms. The van der Waals surface area contributed by atoms with Gasteiger partial charge >= 0.3 is 0 Å². The first kappa shape index (κ1) is 9.59. The normalized spacial score (nSPS) is 21.0. The minimum Gasteiger partial charge on any atom is -0.351 e. The number of aryl methyl sites for hydroxylation is 1. The smallest absolute Gasteiger partial charge is 0.252 e. The predicted octanol–water partition coefficient (Wildman–Crippen LogP) is 2.22. The molecule has 2 rings (SSSR count). The van der Waals surface area contributed by atoms with Crippen LogP contribution in [-0.2, 0) is 0 Å². The van der Waals surface area contributed by atoms with Gasteiger partial charge in [0.2, 0.25) is 0 Å². The lowest BCUT2D eigenvalue weighted by molar-refractivity contribution is 0.0952. The van der Waals surface area contributed by atoms with Gasteiger partial charge in [0.15, 0.2) is 0 Å². The predicted molar refractivity (Wildman–Crippen MR) is 58.8 cm³/mol. The van der Waals surface area contributed by atoms with Crippen molar-refractivity contribution in [3.05, 3.63) is 29.3 Å². The van der Waals surface area contributed by atoms with E-state index in [1.807, 2.05) is 19.1 Å². The second kappa shape index (κ2) is 3.65. The largest absolute Gasteiger partial charge is 0.351 e. The van der Waals surface area contributed by atoms with E-state index < -0.39 is 0 Å². The molecular formula is C11H13NOS. The fourth-order valence-corrected chi connectivity index (χ4v) is 2.54. The zero-order valence-corrected chi connectivity index (χ0v) is 9.15. The molecule has 0 bridgehead atoms. The van der Waals surface area contributed by atoms with Crippen molar-refractivity contribution in [3.63, 3.8) is 0 Å². The van der Waals surface area contributed by atoms with Crippen LogP contribution in [-0.4, -0.2) is 17.7 Å². The van der Waals surface area contributed by atoms with Crippen molar-refractivity contribution in [2.45, 2.75) is 24.0 Å². The van der Waals surface area contributed by atoms with Crippen molar-refractivity contribution in [1.29, 1.82) is 0 Å². The number of hydrogen-bond donors (Lipinski definition) is 1. The average molecular weight is 207 g/mol. The SMILES string of the molecule is Cc1ccc2c(c1)C(=O)NC[C@H](C)S2. The zero-order valence-electron chi connectivity index (χ0n) is 8.33. The summed E-state index contributed by atoms with van der Waals surface area (Å²) < 4.78 is 0. The summed E-state index contributed by atoms with van der Waals surface area (Å²) in [4.78, 5) is 12.8. The van der Waals surface area contributed by atoms with Gasteiger partial charge in [-0.25, -0.2) is 0 Å². The summed E-state index contributed by atoms with van der Waals surface area (Å²) in [5.41, 5.74) is 1.95. The lowest BCUT2D eigenvalue weighted by Gasteiger charge is -2.06. The molecule has 0 unspecified atom stereocenters. The molecule has 1 amide bonds. The number of rotatable bonds is 0. The Morgan fingerprint density at radius 3 is 3.07 bits per heavy atom. The third-order valence-electron chi connectivity index (χ3n) is 2.26. The van der Waals surface area contributed by atoms with Crippen molar-refractivity contribution >= 4 is 17.7 Å². The maximum absolute atomic E-state index is 11.7. The third kappa shape index (κ3) is 1.77. The highest BCUT2D eigenvalue weighted by atomic mass is 32.2. The molecule has 0 aromatic heterocycles. The van der Waals surface area contributed by atoms with E-state index in [0.717, 1.165) is 22.6 Å². The summed E-state index contributed by atoms with van der Waals surface area (Å²) in [5, 5.41) is 3.37. The van der Waals surface area contributed by atoms with Crippen molar-refractivity contribution in [2.75, 3.05) is 6.54 Å². The first-order valence-corrected chi connectivity index (χ1v) is 5.60. The fourth-order valence-electron chi connectivity index (χ4n) is 1.51. The first-order valence-electron chi connectivity index (χ1n) is 4.72. The Balaban J connectivity index is 2.47. The minimum atomic E-state index is 0.0561. The number of thioether (sulfide) groups is 1. The fraction of sp³-hybridized carbons (Fsp3) is 0.364. The van der Waals surface area contributed by atoms with E-state index in [9.17, 15) is 4.79 Å². The van der Waals surface area contributed by atoms with E-state index in [4.69, 9.17) is 0 Å². The molecular weight excluding hydrogens is 194 g/mol. The minimum absolute atomic E-state index is 0.0561. The monoisotopic (exact) mass is 207 g/mol. The van der Waals surface area contributed by atoms with Gasteiger partial charge in [0.1, 0.15) is 0 Å². The molecule has 1 aromatic rings. The molecule has 74 valence electrons. The lowest BCUT2D eigenvalue weighted by atomic mass is 10.1. The van der Waals surface area contributed by atoms with Gasteiger partial charge < -0.3 is 5.32 Å². The summed E-state index contributed by atoms with van der Waals surface area (Å²) in [6.45, 7) is 4.88. The van der Waals surface area contributed by atoms with Crippen molar-refractivity contribution in [3.8, 4) is 0 Å². The van der Waals surface area contributed by atoms with Crippen molar-refractivity contribution in [2.24, 2.45) is 0 Å². The summed E-state index contributed by atoms with van der Waals surface area (Å²) in [6.07, 6.45) is 0. The second-order valence-electron chi connectivity index (χ2n) is 3.64. The molecule has 0 aliphatic carbocycles. The number of amides is 1. The average Bonchev–Trinajstić information content (AvgIpc) is 2.29. The molecule has 0 saturated carbocycles. The molecule has 1 aliphatic rings. The number of hydrogen-bond acceptors (Lipinski definition) is 2. The topological polar surface area (TPSA) is 29.1 Å². The van der Waals surface area contributed by atoms with Gasteiger partial charge in [-0.1, -0.05) is 18.6 Å². The molecule has 1 aliphatic heterocycles. The Kier molecular flexibility index (Phi) is 2.50. The van der Waals surface area contributed by atoms with Crippen LogP contribution >= 0.6 is 11.8 Å². The van der Waals surface area contributed by atoms with Crippen LogP contribution in [0.1, 0.15) is 22.8 Å². The molecule has 1 atom stereocenters. The van der Waals surface area contributed by atoms with Gasteiger partial charge in [0.05, 0.1) is 5.56 Å². The summed E-state index contributed by atoms with van der Waals surface area (Å²) in [7, 11) is 0. The Morgan fingerprint density at radius 2 is 2.29 bits per heavy atom. The summed E-state index contributed by atoms with van der Waals surface area (Å²) >= 11 is 1.76. The van der Waals surface area contributed by atoms with Crippen LogP contribution in [0.25, 0.3) is 0 Å². The van der Waals surface area contributed by atoms with E-state index in [2.05, 4.69) is 18.3 Å². The van der Waals surface area contributed by atoms with E-state index >= 15 is 0 Å². The molecule has 0 spiro atoms. The van der Waals surface area contributed by atoms with Gasteiger partial charge in [-0.15, -0.1) is 11.8 Å². The first-order chi connectivity index (χ1) is 6.66. The standard InChI is InChI=1S/C11H13NOS/c1-7-3-4-10-9(5-7)11(13)12-6-8(2)14-10/h3-5,8H,6H2,1-2H3,(H,12,13)/t8-/m0/s1. The van der Waals surface area contributed by atoms with E-state index in [-0.39, 0.29) is 5.91 Å². The molecule has 2 nitrogen and oxygen atoms in total. The molecule has 0 saturated heterocycles. The zero-order chi connectivity index (χ0) is 10.1. The lowest BCUT2D eigenvalue weighted by Crippen LogP contribution is -2.26. The third-order valence-corrected chi connectivity index (χ3v) is 3.44. The maximum Gasteiger partial charge on any atom is 0.252 e. The number of carbonyl (C=O) groups is 1. The second-order valence-corrected chi connectivity index (χ2v) is 5.12. The highest BCUT2D eigenvalue weighted by molar-refractivity contribution is 8.00. The number of carbonyl (C=O) groups excluding carboxylic acids is 1. The van der Waals surface area contributed by atoms with Crippen LogP contribution in [0.5, 0.6) is 0 Å². The Labute approximate surface area is 88.1 Å². The van der Waals surface area contributed by atoms with Crippen LogP contribution in [0.2, 0.25) is 0 Å². The van der Waals surface area contributed by atoms with Gasteiger partial charge in [-0.3, -0.25) is 4.79 Å². The van der Waals surface area contributed by atoms with E-state index in [1.165, 1.54) is 0 Å². The Bertz CT molecular complexity index is 376. The van der Waals surface area contributed by atoms with Crippen LogP contribution < -0.4 is 5.32 Å². The highest BCUT2D eigenvalue weighted by Gasteiger charge is 2.18. The quantitative estimate of drug-likeness (QED) is 0.706. The molecule has 1 aromatic carbocycles. The molecule has 1 heterocycles. The van der Waals surface area contributed by atoms with Gasteiger partial charge in [0, 0.05) is 16.7 Å². The van der Waals surface area contributed by atoms with Crippen LogP contribution in [0.4, 0.5) is 0 Å². The maximum atomic E-state index is 11.7. The van der Waals surface area contributed by atoms with Gasteiger partial charge in [-0.2, -0.15) is 0 Å². The molecule has 1 N–H and O–H groups in total. The number of nitrogens with one attached hydrogen (secondary N) is 1. The van der Waals surface area contributed by atoms with Crippen LogP contribution in [0.3, 0.4) is 0 Å². The molecule has 0 fully saturated rings. The van der Waals surface area contributed by atoms with Crippen LogP contribution in [0.15, 0.2) is 23.1 Å². The van der Waals surface area contributed by atoms with Gasteiger partial charge in [-0.05, 0) is 19.1 Å². The van der Waals surface area contributed by atoms with E-state index in [0.29, 0.717) is 5.25 Å².